The van der Waals surface area contributed by atoms with E-state index in [9.17, 15) is 18.0 Å². The molecular weight excluding hydrogens is 545 g/mol. The van der Waals surface area contributed by atoms with Gasteiger partial charge in [-0.05, 0) is 51.3 Å². The Balaban J connectivity index is 2.45. The summed E-state index contributed by atoms with van der Waals surface area (Å²) in [7, 11) is -3.95. The Morgan fingerprint density at radius 2 is 1.58 bits per heavy atom. The Morgan fingerprint density at radius 3 is 2.11 bits per heavy atom. The van der Waals surface area contributed by atoms with E-state index in [0.29, 0.717) is 12.8 Å². The average Bonchev–Trinajstić information content (AvgIpc) is 2.76. The van der Waals surface area contributed by atoms with Crippen LogP contribution < -0.4 is 9.62 Å². The second-order valence-electron chi connectivity index (χ2n) is 9.47. The molecular formula is C25H32Cl3N3O4S. The summed E-state index contributed by atoms with van der Waals surface area (Å²) in [6.45, 7) is 7.01. The number of halogens is 3. The molecule has 0 unspecified atom stereocenters. The fourth-order valence-corrected chi connectivity index (χ4v) is 5.19. The summed E-state index contributed by atoms with van der Waals surface area (Å²) >= 11 is 18.4. The van der Waals surface area contributed by atoms with Crippen molar-refractivity contribution in [3.63, 3.8) is 0 Å². The highest BCUT2D eigenvalue weighted by atomic mass is 35.5. The topological polar surface area (TPSA) is 86.8 Å². The number of amides is 2. The minimum Gasteiger partial charge on any atom is -0.350 e. The zero-order valence-electron chi connectivity index (χ0n) is 21.0. The van der Waals surface area contributed by atoms with Gasteiger partial charge in [0.25, 0.3) is 0 Å². The molecule has 0 aliphatic rings. The van der Waals surface area contributed by atoms with Gasteiger partial charge in [0.15, 0.2) is 0 Å². The Hall–Kier alpha value is -2.00. The molecule has 0 fully saturated rings. The molecule has 0 aliphatic heterocycles. The number of sulfonamides is 1. The van der Waals surface area contributed by atoms with Crippen LogP contribution >= 0.6 is 34.8 Å². The maximum absolute atomic E-state index is 13.7. The largest absolute Gasteiger partial charge is 0.350 e. The van der Waals surface area contributed by atoms with Crippen LogP contribution in [0.1, 0.15) is 39.7 Å². The summed E-state index contributed by atoms with van der Waals surface area (Å²) in [6, 6.07) is 11.4. The van der Waals surface area contributed by atoms with Crippen LogP contribution in [0.25, 0.3) is 0 Å². The van der Waals surface area contributed by atoms with Crippen molar-refractivity contribution < 1.29 is 18.0 Å². The molecule has 198 valence electrons. The van der Waals surface area contributed by atoms with Crippen LogP contribution in [0.2, 0.25) is 15.1 Å². The summed E-state index contributed by atoms with van der Waals surface area (Å²) in [5.74, 6) is -0.862. The van der Waals surface area contributed by atoms with Gasteiger partial charge in [-0.2, -0.15) is 0 Å². The monoisotopic (exact) mass is 575 g/mol. The number of rotatable bonds is 10. The van der Waals surface area contributed by atoms with E-state index < -0.39 is 34.1 Å². The average molecular weight is 577 g/mol. The number of carbonyl (C=O) groups excluding carboxylic acids is 2. The number of nitrogens with zero attached hydrogens (tertiary/aromatic N) is 2. The molecule has 1 N–H and O–H groups in total. The van der Waals surface area contributed by atoms with Crippen molar-refractivity contribution in [2.45, 2.75) is 52.1 Å². The number of carbonyl (C=O) groups is 2. The molecule has 0 saturated heterocycles. The third-order valence-electron chi connectivity index (χ3n) is 5.31. The Labute approximate surface area is 228 Å². The minimum absolute atomic E-state index is 0.0241. The molecule has 7 nitrogen and oxygen atoms in total. The van der Waals surface area contributed by atoms with E-state index in [1.807, 2.05) is 51.1 Å². The van der Waals surface area contributed by atoms with E-state index in [2.05, 4.69) is 5.32 Å². The zero-order valence-corrected chi connectivity index (χ0v) is 24.1. The molecule has 0 bridgehead atoms. The van der Waals surface area contributed by atoms with Gasteiger partial charge in [0, 0.05) is 12.1 Å². The second-order valence-corrected chi connectivity index (χ2v) is 12.6. The molecule has 0 spiro atoms. The molecule has 36 heavy (non-hydrogen) atoms. The number of hydrogen-bond donors (Lipinski definition) is 1. The van der Waals surface area contributed by atoms with Crippen LogP contribution in [0.4, 0.5) is 5.69 Å². The first-order valence-corrected chi connectivity index (χ1v) is 14.4. The van der Waals surface area contributed by atoms with Crippen LogP contribution in [0.5, 0.6) is 0 Å². The van der Waals surface area contributed by atoms with E-state index >= 15 is 0 Å². The minimum atomic E-state index is -3.95. The molecule has 1 atom stereocenters. The van der Waals surface area contributed by atoms with Crippen molar-refractivity contribution in [2.24, 2.45) is 0 Å². The third kappa shape index (κ3) is 8.54. The van der Waals surface area contributed by atoms with Gasteiger partial charge in [-0.15, -0.1) is 0 Å². The Kier molecular flexibility index (Phi) is 10.5. The van der Waals surface area contributed by atoms with Gasteiger partial charge >= 0.3 is 0 Å². The highest BCUT2D eigenvalue weighted by Gasteiger charge is 2.33. The lowest BCUT2D eigenvalue weighted by atomic mass is 10.1. The first-order valence-electron chi connectivity index (χ1n) is 11.4. The van der Waals surface area contributed by atoms with Gasteiger partial charge in [-0.25, -0.2) is 8.42 Å². The number of anilines is 1. The molecule has 0 saturated carbocycles. The summed E-state index contributed by atoms with van der Waals surface area (Å²) in [5.41, 5.74) is 0.497. The first-order chi connectivity index (χ1) is 16.6. The molecule has 0 radical (unpaired) electrons. The maximum Gasteiger partial charge on any atom is 0.244 e. The van der Waals surface area contributed by atoms with Gasteiger partial charge in [0.1, 0.15) is 12.6 Å². The van der Waals surface area contributed by atoms with E-state index in [1.54, 1.807) is 6.92 Å². The van der Waals surface area contributed by atoms with Crippen LogP contribution in [-0.2, 0) is 26.0 Å². The second kappa shape index (κ2) is 12.5. The molecule has 2 aromatic carbocycles. The highest BCUT2D eigenvalue weighted by molar-refractivity contribution is 7.92. The summed E-state index contributed by atoms with van der Waals surface area (Å²) < 4.78 is 26.3. The molecule has 0 aromatic heterocycles. The quantitative estimate of drug-likeness (QED) is 0.395. The number of hydrogen-bond acceptors (Lipinski definition) is 4. The molecule has 2 rings (SSSR count). The van der Waals surface area contributed by atoms with E-state index in [0.717, 1.165) is 16.1 Å². The Morgan fingerprint density at radius 1 is 1.00 bits per heavy atom. The fraction of sp³-hybridized carbons (Fsp3) is 0.440. The lowest BCUT2D eigenvalue weighted by Crippen LogP contribution is -2.56. The lowest BCUT2D eigenvalue weighted by Gasteiger charge is -2.34. The van der Waals surface area contributed by atoms with E-state index in [-0.39, 0.29) is 33.2 Å². The zero-order chi connectivity index (χ0) is 27.3. The Bertz CT molecular complexity index is 1190. The van der Waals surface area contributed by atoms with Crippen LogP contribution in [-0.4, -0.2) is 56.1 Å². The van der Waals surface area contributed by atoms with Crippen LogP contribution in [0.3, 0.4) is 0 Å². The predicted molar refractivity (Wildman–Crippen MR) is 147 cm³/mol. The molecule has 0 heterocycles. The smallest absolute Gasteiger partial charge is 0.244 e. The standard InChI is InChI=1S/C25H32Cl3N3O4S/c1-6-21(24(33)29-25(2,3)4)30(13-12-17-10-8-7-9-11-17)23(32)16-31(36(5,34)35)22-15-19(27)18(26)14-20(22)28/h7-11,14-15,21H,6,12-13,16H2,1-5H3,(H,29,33)/t21-/m1/s1. The molecule has 0 aliphatic carbocycles. The van der Waals surface area contributed by atoms with Crippen molar-refractivity contribution in [3.8, 4) is 0 Å². The van der Waals surface area contributed by atoms with Crippen LogP contribution in [0, 0.1) is 0 Å². The molecule has 11 heteroatoms. The van der Waals surface area contributed by atoms with Crippen molar-refractivity contribution >= 4 is 62.3 Å². The van der Waals surface area contributed by atoms with Crippen molar-refractivity contribution in [2.75, 3.05) is 23.7 Å². The fourth-order valence-electron chi connectivity index (χ4n) is 3.65. The lowest BCUT2D eigenvalue weighted by molar-refractivity contribution is -0.140. The van der Waals surface area contributed by atoms with Crippen molar-refractivity contribution in [3.05, 3.63) is 63.1 Å². The van der Waals surface area contributed by atoms with E-state index in [1.165, 1.54) is 17.0 Å². The third-order valence-corrected chi connectivity index (χ3v) is 7.46. The predicted octanol–water partition coefficient (Wildman–Crippen LogP) is 5.18. The number of nitrogens with one attached hydrogen (secondary N) is 1. The van der Waals surface area contributed by atoms with Crippen LogP contribution in [0.15, 0.2) is 42.5 Å². The highest BCUT2D eigenvalue weighted by Crippen LogP contribution is 2.35. The van der Waals surface area contributed by atoms with Gasteiger partial charge in [0.2, 0.25) is 21.8 Å². The van der Waals surface area contributed by atoms with Crippen molar-refractivity contribution in [1.29, 1.82) is 0 Å². The SMILES string of the molecule is CC[C@H](C(=O)NC(C)(C)C)N(CCc1ccccc1)C(=O)CN(c1cc(Cl)c(Cl)cc1Cl)S(C)(=O)=O. The van der Waals surface area contributed by atoms with Gasteiger partial charge in [0.05, 0.1) is 27.0 Å². The molecule has 2 amide bonds. The summed E-state index contributed by atoms with van der Waals surface area (Å²) in [5, 5.41) is 3.19. The van der Waals surface area contributed by atoms with E-state index in [4.69, 9.17) is 34.8 Å². The van der Waals surface area contributed by atoms with Gasteiger partial charge < -0.3 is 10.2 Å². The first kappa shape index (κ1) is 30.2. The van der Waals surface area contributed by atoms with Gasteiger partial charge in [-0.1, -0.05) is 72.1 Å². The summed E-state index contributed by atoms with van der Waals surface area (Å²) in [4.78, 5) is 28.2. The summed E-state index contributed by atoms with van der Waals surface area (Å²) in [6.07, 6.45) is 1.80. The number of benzene rings is 2. The van der Waals surface area contributed by atoms with Crippen molar-refractivity contribution in [1.82, 2.24) is 10.2 Å². The molecule has 2 aromatic rings. The maximum atomic E-state index is 13.7. The van der Waals surface area contributed by atoms with Gasteiger partial charge in [-0.3, -0.25) is 13.9 Å². The normalized spacial score (nSPS) is 12.7.